The molecule has 1 unspecified atom stereocenters. The van der Waals surface area contributed by atoms with Gasteiger partial charge in [0.15, 0.2) is 0 Å². The van der Waals surface area contributed by atoms with Crippen LogP contribution >= 0.6 is 0 Å². The number of allylic oxidation sites excluding steroid dienone is 2. The van der Waals surface area contributed by atoms with E-state index in [1.807, 2.05) is 6.07 Å². The van der Waals surface area contributed by atoms with Gasteiger partial charge in [-0.3, -0.25) is 0 Å². The fourth-order valence-corrected chi connectivity index (χ4v) is 3.89. The summed E-state index contributed by atoms with van der Waals surface area (Å²) < 4.78 is 5.42. The van der Waals surface area contributed by atoms with Gasteiger partial charge < -0.3 is 10.1 Å². The van der Waals surface area contributed by atoms with Crippen LogP contribution in [0.2, 0.25) is 0 Å². The Hall–Kier alpha value is -1.44. The number of nitrogens with one attached hydrogen (secondary N) is 1. The van der Waals surface area contributed by atoms with Gasteiger partial charge in [-0.25, -0.2) is 0 Å². The molecule has 2 nitrogen and oxygen atoms in total. The molecular formula is C17H23NO. The Kier molecular flexibility index (Phi) is 3.26. The smallest absolute Gasteiger partial charge is 0.119 e. The Balaban J connectivity index is 2.10. The predicted octanol–water partition coefficient (Wildman–Crippen LogP) is 3.77. The maximum absolute atomic E-state index is 5.42. The maximum atomic E-state index is 5.42. The molecule has 1 saturated carbocycles. The molecule has 1 fully saturated rings. The minimum atomic E-state index is 0.266. The lowest BCUT2D eigenvalue weighted by molar-refractivity contribution is 0.329. The van der Waals surface area contributed by atoms with Crippen LogP contribution < -0.4 is 10.1 Å². The van der Waals surface area contributed by atoms with Gasteiger partial charge in [-0.2, -0.15) is 0 Å². The molecule has 1 aliphatic heterocycles. The van der Waals surface area contributed by atoms with Crippen LogP contribution in [0.25, 0.3) is 0 Å². The van der Waals surface area contributed by atoms with Gasteiger partial charge in [0, 0.05) is 17.7 Å². The van der Waals surface area contributed by atoms with E-state index in [4.69, 9.17) is 4.74 Å². The molecule has 0 bridgehead atoms. The number of methoxy groups -OCH3 is 1. The third-order valence-electron chi connectivity index (χ3n) is 4.87. The molecule has 0 radical (unpaired) electrons. The zero-order valence-corrected chi connectivity index (χ0v) is 12.0. The fourth-order valence-electron chi connectivity index (χ4n) is 3.89. The van der Waals surface area contributed by atoms with Gasteiger partial charge in [-0.05, 0) is 55.9 Å². The van der Waals surface area contributed by atoms with Gasteiger partial charge in [-0.1, -0.05) is 18.6 Å². The molecule has 0 spiro atoms. The first kappa shape index (κ1) is 12.6. The second-order valence-corrected chi connectivity index (χ2v) is 5.80. The van der Waals surface area contributed by atoms with E-state index < -0.39 is 0 Å². The van der Waals surface area contributed by atoms with E-state index in [0.29, 0.717) is 0 Å². The van der Waals surface area contributed by atoms with Gasteiger partial charge >= 0.3 is 0 Å². The van der Waals surface area contributed by atoms with Gasteiger partial charge in [0.25, 0.3) is 0 Å². The molecule has 2 aliphatic rings. The minimum absolute atomic E-state index is 0.266. The van der Waals surface area contributed by atoms with Crippen LogP contribution in [0.1, 0.15) is 44.6 Å². The summed E-state index contributed by atoms with van der Waals surface area (Å²) in [6, 6.07) is 8.70. The Morgan fingerprint density at radius 3 is 2.95 bits per heavy atom. The summed E-state index contributed by atoms with van der Waals surface area (Å²) in [6.07, 6.45) is 6.42. The first-order valence-electron chi connectivity index (χ1n) is 7.35. The van der Waals surface area contributed by atoms with Crippen LogP contribution in [0.15, 0.2) is 35.5 Å². The first-order valence-corrected chi connectivity index (χ1v) is 7.35. The minimum Gasteiger partial charge on any atom is -0.497 e. The van der Waals surface area contributed by atoms with Crippen molar-refractivity contribution < 1.29 is 4.74 Å². The lowest BCUT2D eigenvalue weighted by Gasteiger charge is -2.45. The summed E-state index contributed by atoms with van der Waals surface area (Å²) in [7, 11) is 1.75. The molecule has 102 valence electrons. The summed E-state index contributed by atoms with van der Waals surface area (Å²) in [5, 5.41) is 3.55. The van der Waals surface area contributed by atoms with Crippen molar-refractivity contribution in [3.8, 4) is 5.75 Å². The van der Waals surface area contributed by atoms with E-state index in [1.165, 1.54) is 43.4 Å². The van der Waals surface area contributed by atoms with Gasteiger partial charge in [0.05, 0.1) is 7.11 Å². The van der Waals surface area contributed by atoms with Crippen molar-refractivity contribution in [2.75, 3.05) is 13.7 Å². The predicted molar refractivity (Wildman–Crippen MR) is 78.5 cm³/mol. The highest BCUT2D eigenvalue weighted by Crippen LogP contribution is 2.48. The van der Waals surface area contributed by atoms with Crippen molar-refractivity contribution >= 4 is 0 Å². The molecule has 2 heteroatoms. The summed E-state index contributed by atoms with van der Waals surface area (Å²) >= 11 is 0. The summed E-state index contributed by atoms with van der Waals surface area (Å²) in [5.41, 5.74) is 4.76. The third kappa shape index (κ3) is 2.03. The molecule has 1 aromatic carbocycles. The third-order valence-corrected chi connectivity index (χ3v) is 4.87. The van der Waals surface area contributed by atoms with Crippen LogP contribution in [0.3, 0.4) is 0 Å². The molecular weight excluding hydrogens is 234 g/mol. The number of hydrogen-bond donors (Lipinski definition) is 1. The summed E-state index contributed by atoms with van der Waals surface area (Å²) in [5.74, 6) is 0.980. The second kappa shape index (κ2) is 4.92. The number of rotatable bonds is 2. The number of fused-ring (bicyclic) bond motifs is 1. The molecule has 19 heavy (non-hydrogen) atoms. The topological polar surface area (TPSA) is 21.3 Å². The van der Waals surface area contributed by atoms with Crippen LogP contribution in [0, 0.1) is 0 Å². The Labute approximate surface area is 115 Å². The second-order valence-electron chi connectivity index (χ2n) is 5.80. The summed E-state index contributed by atoms with van der Waals surface area (Å²) in [4.78, 5) is 0. The molecule has 3 rings (SSSR count). The van der Waals surface area contributed by atoms with E-state index in [2.05, 4.69) is 30.4 Å². The van der Waals surface area contributed by atoms with Crippen LogP contribution in [-0.2, 0) is 5.41 Å². The molecule has 0 amide bonds. The maximum Gasteiger partial charge on any atom is 0.119 e. The van der Waals surface area contributed by atoms with Gasteiger partial charge in [0.2, 0.25) is 0 Å². The Bertz CT molecular complexity index is 506. The lowest BCUT2D eigenvalue weighted by atomic mass is 9.62. The zero-order valence-electron chi connectivity index (χ0n) is 12.0. The highest BCUT2D eigenvalue weighted by molar-refractivity contribution is 5.44. The van der Waals surface area contributed by atoms with Crippen LogP contribution in [0.4, 0.5) is 0 Å². The van der Waals surface area contributed by atoms with Gasteiger partial charge in [-0.15, -0.1) is 0 Å². The average Bonchev–Trinajstić information content (AvgIpc) is 2.48. The largest absolute Gasteiger partial charge is 0.497 e. The van der Waals surface area contributed by atoms with E-state index >= 15 is 0 Å². The van der Waals surface area contributed by atoms with E-state index in [9.17, 15) is 0 Å². The number of ether oxygens (including phenoxy) is 1. The van der Waals surface area contributed by atoms with Crippen molar-refractivity contribution in [2.24, 2.45) is 0 Å². The molecule has 0 aromatic heterocycles. The summed E-state index contributed by atoms with van der Waals surface area (Å²) in [6.45, 7) is 3.33. The van der Waals surface area contributed by atoms with Crippen molar-refractivity contribution in [3.05, 3.63) is 41.1 Å². The fraction of sp³-hybridized carbons (Fsp3) is 0.529. The molecule has 1 heterocycles. The standard InChI is InChI=1S/C17H23NO/c1-13-16-8-3-4-9-17(16,10-11-18-13)14-6-5-7-15(12-14)19-2/h5-7,12,18H,3-4,8-11H2,1-2H3. The average molecular weight is 257 g/mol. The van der Waals surface area contributed by atoms with Crippen molar-refractivity contribution in [3.63, 3.8) is 0 Å². The lowest BCUT2D eigenvalue weighted by Crippen LogP contribution is -2.41. The van der Waals surface area contributed by atoms with E-state index in [1.54, 1.807) is 12.7 Å². The van der Waals surface area contributed by atoms with Crippen LogP contribution in [-0.4, -0.2) is 13.7 Å². The van der Waals surface area contributed by atoms with E-state index in [0.717, 1.165) is 12.3 Å². The van der Waals surface area contributed by atoms with Crippen molar-refractivity contribution in [1.29, 1.82) is 0 Å². The SMILES string of the molecule is COc1cccc(C23CCCCC2=C(C)NCC3)c1. The van der Waals surface area contributed by atoms with Crippen molar-refractivity contribution in [2.45, 2.75) is 44.4 Å². The quantitative estimate of drug-likeness (QED) is 0.870. The van der Waals surface area contributed by atoms with Crippen LogP contribution in [0.5, 0.6) is 5.75 Å². The molecule has 1 N–H and O–H groups in total. The Morgan fingerprint density at radius 2 is 2.11 bits per heavy atom. The number of hydrogen-bond acceptors (Lipinski definition) is 2. The molecule has 1 aromatic rings. The molecule has 0 saturated heterocycles. The Morgan fingerprint density at radius 1 is 1.21 bits per heavy atom. The molecule has 1 atom stereocenters. The monoisotopic (exact) mass is 257 g/mol. The van der Waals surface area contributed by atoms with Crippen molar-refractivity contribution in [1.82, 2.24) is 5.32 Å². The highest BCUT2D eigenvalue weighted by atomic mass is 16.5. The number of benzene rings is 1. The molecule has 1 aliphatic carbocycles. The van der Waals surface area contributed by atoms with E-state index in [-0.39, 0.29) is 5.41 Å². The zero-order chi connectivity index (χ0) is 13.3. The van der Waals surface area contributed by atoms with Gasteiger partial charge in [0.1, 0.15) is 5.75 Å². The highest BCUT2D eigenvalue weighted by Gasteiger charge is 2.40. The normalized spacial score (nSPS) is 26.6. The first-order chi connectivity index (χ1) is 9.26.